The van der Waals surface area contributed by atoms with Crippen LogP contribution in [0, 0.1) is 5.82 Å². The van der Waals surface area contributed by atoms with Gasteiger partial charge < -0.3 is 20.3 Å². The number of piperazine rings is 1. The quantitative estimate of drug-likeness (QED) is 0.636. The first-order valence-electron chi connectivity index (χ1n) is 10.1. The van der Waals surface area contributed by atoms with Crippen molar-refractivity contribution in [2.24, 2.45) is 5.73 Å². The van der Waals surface area contributed by atoms with Crippen molar-refractivity contribution in [2.75, 3.05) is 42.6 Å². The second-order valence-corrected chi connectivity index (χ2v) is 7.29. The van der Waals surface area contributed by atoms with Crippen LogP contribution in [0.15, 0.2) is 48.7 Å². The molecule has 0 spiro atoms. The Bertz CT molecular complexity index is 1130. The fourth-order valence-electron chi connectivity index (χ4n) is 3.87. The summed E-state index contributed by atoms with van der Waals surface area (Å²) < 4.78 is 19.2. The summed E-state index contributed by atoms with van der Waals surface area (Å²) >= 11 is 0. The van der Waals surface area contributed by atoms with Crippen LogP contribution in [0.2, 0.25) is 0 Å². The zero-order valence-electron chi connectivity index (χ0n) is 17.2. The first-order chi connectivity index (χ1) is 15.0. The first-order valence-corrected chi connectivity index (χ1v) is 10.1. The Labute approximate surface area is 179 Å². The summed E-state index contributed by atoms with van der Waals surface area (Å²) in [6.45, 7) is 4.62. The van der Waals surface area contributed by atoms with E-state index in [1.807, 2.05) is 12.1 Å². The molecule has 0 saturated carbocycles. The van der Waals surface area contributed by atoms with Crippen LogP contribution >= 0.6 is 0 Å². The van der Waals surface area contributed by atoms with Gasteiger partial charge in [0.25, 0.3) is 0 Å². The number of halogens is 1. The number of aromatic nitrogens is 1. The van der Waals surface area contributed by atoms with Crippen molar-refractivity contribution in [1.82, 2.24) is 4.98 Å². The number of carbonyl (C=O) groups is 2. The summed E-state index contributed by atoms with van der Waals surface area (Å²) in [5, 5.41) is 0.588. The maximum Gasteiger partial charge on any atom is 0.341 e. The van der Waals surface area contributed by atoms with Crippen LogP contribution in [0.5, 0.6) is 0 Å². The number of fused-ring (bicyclic) bond motifs is 1. The van der Waals surface area contributed by atoms with Crippen LogP contribution in [-0.2, 0) is 4.74 Å². The maximum absolute atomic E-state index is 14.0. The Kier molecular flexibility index (Phi) is 5.70. The molecule has 160 valence electrons. The van der Waals surface area contributed by atoms with Crippen LogP contribution in [0.3, 0.4) is 0 Å². The second kappa shape index (κ2) is 8.59. The van der Waals surface area contributed by atoms with Crippen molar-refractivity contribution in [3.05, 3.63) is 65.6 Å². The number of hydrogen-bond acceptors (Lipinski definition) is 6. The van der Waals surface area contributed by atoms with E-state index in [4.69, 9.17) is 10.5 Å². The van der Waals surface area contributed by atoms with Crippen molar-refractivity contribution < 1.29 is 18.7 Å². The number of ether oxygens (including phenoxy) is 1. The molecule has 0 atom stereocenters. The number of amides is 1. The van der Waals surface area contributed by atoms with E-state index < -0.39 is 11.9 Å². The topological polar surface area (TPSA) is 88.8 Å². The van der Waals surface area contributed by atoms with Gasteiger partial charge in [-0.15, -0.1) is 0 Å². The van der Waals surface area contributed by atoms with Crippen molar-refractivity contribution in [2.45, 2.75) is 6.92 Å². The molecular formula is C23H23FN4O3. The average molecular weight is 422 g/mol. The number of nitrogens with two attached hydrogens (primary N) is 1. The van der Waals surface area contributed by atoms with E-state index in [1.54, 1.807) is 25.1 Å². The van der Waals surface area contributed by atoms with Crippen LogP contribution in [-0.4, -0.2) is 49.6 Å². The van der Waals surface area contributed by atoms with Crippen LogP contribution in [0.1, 0.15) is 27.6 Å². The van der Waals surface area contributed by atoms with Gasteiger partial charge in [-0.3, -0.25) is 9.78 Å². The van der Waals surface area contributed by atoms with Gasteiger partial charge in [0.05, 0.1) is 17.8 Å². The van der Waals surface area contributed by atoms with Gasteiger partial charge in [0, 0.05) is 49.0 Å². The summed E-state index contributed by atoms with van der Waals surface area (Å²) in [4.78, 5) is 32.5. The van der Waals surface area contributed by atoms with E-state index >= 15 is 0 Å². The molecule has 0 radical (unpaired) electrons. The van der Waals surface area contributed by atoms with Crippen LogP contribution in [0.4, 0.5) is 15.8 Å². The van der Waals surface area contributed by atoms with E-state index in [9.17, 15) is 14.0 Å². The molecule has 4 rings (SSSR count). The maximum atomic E-state index is 14.0. The highest BCUT2D eigenvalue weighted by Crippen LogP contribution is 2.32. The molecule has 8 heteroatoms. The molecule has 31 heavy (non-hydrogen) atoms. The molecule has 0 aliphatic carbocycles. The minimum atomic E-state index is -0.472. The Hall–Kier alpha value is -3.68. The average Bonchev–Trinajstić information content (AvgIpc) is 2.78. The third-order valence-electron chi connectivity index (χ3n) is 5.41. The number of primary amides is 1. The highest BCUT2D eigenvalue weighted by molar-refractivity contribution is 6.05. The Balaban J connectivity index is 1.63. The van der Waals surface area contributed by atoms with Gasteiger partial charge in [-0.1, -0.05) is 0 Å². The summed E-state index contributed by atoms with van der Waals surface area (Å²) in [5.41, 5.74) is 8.36. The minimum absolute atomic E-state index is 0.245. The summed E-state index contributed by atoms with van der Waals surface area (Å²) in [6, 6.07) is 11.5. The van der Waals surface area contributed by atoms with E-state index in [0.29, 0.717) is 53.9 Å². The standard InChI is InChI=1S/C23H23FN4O3/c1-2-31-23(30)19-14-26-20-8-5-16(24)13-18(20)21(19)28-11-9-27(10-12-28)17-6-3-15(4-7-17)22(25)29/h3-8,13-14H,2,9-12H2,1H3,(H2,25,29). The molecule has 1 aliphatic rings. The third kappa shape index (κ3) is 4.14. The number of esters is 1. The predicted octanol–water partition coefficient (Wildman–Crippen LogP) is 2.98. The fourth-order valence-corrected chi connectivity index (χ4v) is 3.87. The molecule has 7 nitrogen and oxygen atoms in total. The van der Waals surface area contributed by atoms with Crippen molar-refractivity contribution in [1.29, 1.82) is 0 Å². The number of hydrogen-bond donors (Lipinski definition) is 1. The molecule has 0 bridgehead atoms. The minimum Gasteiger partial charge on any atom is -0.462 e. The lowest BCUT2D eigenvalue weighted by atomic mass is 10.1. The Morgan fingerprint density at radius 3 is 2.39 bits per heavy atom. The largest absolute Gasteiger partial charge is 0.462 e. The van der Waals surface area contributed by atoms with Gasteiger partial charge in [-0.25, -0.2) is 9.18 Å². The molecule has 2 N–H and O–H groups in total. The highest BCUT2D eigenvalue weighted by atomic mass is 19.1. The Morgan fingerprint density at radius 1 is 1.06 bits per heavy atom. The Morgan fingerprint density at radius 2 is 1.74 bits per heavy atom. The van der Waals surface area contributed by atoms with Crippen molar-refractivity contribution >= 4 is 34.2 Å². The third-order valence-corrected chi connectivity index (χ3v) is 5.41. The highest BCUT2D eigenvalue weighted by Gasteiger charge is 2.25. The number of rotatable bonds is 5. The lowest BCUT2D eigenvalue weighted by Gasteiger charge is -2.38. The van der Waals surface area contributed by atoms with Crippen LogP contribution < -0.4 is 15.5 Å². The van der Waals surface area contributed by atoms with Crippen LogP contribution in [0.25, 0.3) is 10.9 Å². The zero-order valence-corrected chi connectivity index (χ0v) is 17.2. The summed E-state index contributed by atoms with van der Waals surface area (Å²) in [5.74, 6) is -1.31. The number of anilines is 2. The van der Waals surface area contributed by atoms with E-state index in [2.05, 4.69) is 14.8 Å². The number of carbonyl (C=O) groups excluding carboxylic acids is 2. The lowest BCUT2D eigenvalue weighted by Crippen LogP contribution is -2.47. The van der Waals surface area contributed by atoms with E-state index in [1.165, 1.54) is 18.3 Å². The first kappa shape index (κ1) is 20.6. The predicted molar refractivity (Wildman–Crippen MR) is 117 cm³/mol. The SMILES string of the molecule is CCOC(=O)c1cnc2ccc(F)cc2c1N1CCN(c2ccc(C(N)=O)cc2)CC1. The monoisotopic (exact) mass is 422 g/mol. The number of pyridine rings is 1. The molecule has 1 aromatic heterocycles. The molecule has 3 aromatic rings. The molecule has 1 fully saturated rings. The number of nitrogens with zero attached hydrogens (tertiary/aromatic N) is 3. The summed E-state index contributed by atoms with van der Waals surface area (Å²) in [7, 11) is 0. The fraction of sp³-hybridized carbons (Fsp3) is 0.261. The number of benzene rings is 2. The van der Waals surface area contributed by atoms with E-state index in [0.717, 1.165) is 5.69 Å². The molecule has 2 aromatic carbocycles. The normalized spacial score (nSPS) is 14.0. The molecule has 2 heterocycles. The van der Waals surface area contributed by atoms with Gasteiger partial charge in [0.15, 0.2) is 0 Å². The molecule has 1 saturated heterocycles. The van der Waals surface area contributed by atoms with E-state index in [-0.39, 0.29) is 12.4 Å². The molecule has 0 unspecified atom stereocenters. The van der Waals surface area contributed by atoms with Gasteiger partial charge in [0.1, 0.15) is 11.4 Å². The van der Waals surface area contributed by atoms with Gasteiger partial charge in [-0.05, 0) is 49.4 Å². The van der Waals surface area contributed by atoms with Gasteiger partial charge >= 0.3 is 5.97 Å². The lowest BCUT2D eigenvalue weighted by molar-refractivity contribution is 0.0526. The van der Waals surface area contributed by atoms with Gasteiger partial charge in [0.2, 0.25) is 5.91 Å². The second-order valence-electron chi connectivity index (χ2n) is 7.29. The smallest absolute Gasteiger partial charge is 0.341 e. The van der Waals surface area contributed by atoms with Gasteiger partial charge in [-0.2, -0.15) is 0 Å². The molecule has 1 amide bonds. The summed E-state index contributed by atoms with van der Waals surface area (Å²) in [6.07, 6.45) is 1.50. The zero-order chi connectivity index (χ0) is 22.0. The molecular weight excluding hydrogens is 399 g/mol. The van der Waals surface area contributed by atoms with Crippen molar-refractivity contribution in [3.63, 3.8) is 0 Å². The molecule has 1 aliphatic heterocycles. The van der Waals surface area contributed by atoms with Crippen molar-refractivity contribution in [3.8, 4) is 0 Å².